The van der Waals surface area contributed by atoms with Gasteiger partial charge in [-0.3, -0.25) is 0 Å². The minimum atomic E-state index is 0. The molecule has 0 nitrogen and oxygen atoms in total. The van der Waals surface area contributed by atoms with Crippen LogP contribution in [0.25, 0.3) is 0 Å². The smallest absolute Gasteiger partial charge is 2.00 e. The quantitative estimate of drug-likeness (QED) is 0.543. The van der Waals surface area contributed by atoms with Crippen LogP contribution < -0.4 is 0 Å². The van der Waals surface area contributed by atoms with Gasteiger partial charge >= 0.3 is 61.8 Å². The van der Waals surface area contributed by atoms with Crippen LogP contribution in [0.1, 0.15) is 0 Å². The molecule has 0 saturated heterocycles. The minimum absolute atomic E-state index is 0. The fourth-order valence-corrected chi connectivity index (χ4v) is 0. The summed E-state index contributed by atoms with van der Waals surface area (Å²) >= 11 is 0. The van der Waals surface area contributed by atoms with Crippen molar-refractivity contribution in [1.82, 2.24) is 0 Å². The zero-order chi connectivity index (χ0) is 0. The number of hydrogen-bond donors (Lipinski definition) is 0. The van der Waals surface area contributed by atoms with Gasteiger partial charge in [0.25, 0.3) is 0 Å². The van der Waals surface area contributed by atoms with Crippen molar-refractivity contribution in [2.24, 2.45) is 0 Å². The molecule has 5 heavy (non-hydrogen) atoms. The molecule has 45 valence electrons. The fraction of sp³-hybridized carbons (Fsp3) is 0. The van der Waals surface area contributed by atoms with E-state index < -0.39 is 0 Å². The van der Waals surface area contributed by atoms with Crippen LogP contribution in [-0.4, -0.2) is 0 Å². The van der Waals surface area contributed by atoms with E-state index in [1.807, 2.05) is 0 Å². The first-order chi connectivity index (χ1) is 0. The first-order valence-electron chi connectivity index (χ1n) is 0. The third-order valence-electron chi connectivity index (χ3n) is 0. The molecule has 0 unspecified atom stereocenters. The average molecular weight is 343 g/mol. The van der Waals surface area contributed by atoms with Crippen LogP contribution in [0.4, 0.5) is 0 Å². The van der Waals surface area contributed by atoms with Crippen molar-refractivity contribution in [1.29, 1.82) is 0 Å². The van der Waals surface area contributed by atoms with Gasteiger partial charge in [-0.2, -0.15) is 0 Å². The number of rotatable bonds is 0. The summed E-state index contributed by atoms with van der Waals surface area (Å²) in [5.74, 6) is 0. The van der Waals surface area contributed by atoms with Gasteiger partial charge in [0.2, 0.25) is 0 Å². The van der Waals surface area contributed by atoms with Gasteiger partial charge in [0.1, 0.15) is 0 Å². The van der Waals surface area contributed by atoms with E-state index in [2.05, 4.69) is 0 Å². The Morgan fingerprint density at radius 1 is 0.600 bits per heavy atom. The molecule has 0 heterocycles. The van der Waals surface area contributed by atoms with Gasteiger partial charge in [0, 0.05) is 0 Å². The van der Waals surface area contributed by atoms with Crippen LogP contribution in [0, 0.1) is 0 Å². The second kappa shape index (κ2) is 29.9. The standard InChI is InChI=1S/2Ag.Cu.2S/q2*+1;+2;2*-2. The molecule has 0 fully saturated rings. The van der Waals surface area contributed by atoms with Crippen molar-refractivity contribution in [3.63, 3.8) is 0 Å². The van der Waals surface area contributed by atoms with Crippen LogP contribution in [0.15, 0.2) is 0 Å². The Labute approximate surface area is 87.6 Å². The van der Waals surface area contributed by atoms with Gasteiger partial charge in [-0.15, -0.1) is 0 Å². The van der Waals surface area contributed by atoms with E-state index >= 15 is 0 Å². The Hall–Kier alpha value is 2.70. The Balaban J connectivity index is 0. The van der Waals surface area contributed by atoms with Crippen molar-refractivity contribution in [2.75, 3.05) is 0 Å². The zero-order valence-electron chi connectivity index (χ0n) is 1.72. The van der Waals surface area contributed by atoms with Gasteiger partial charge in [0.05, 0.1) is 0 Å². The van der Waals surface area contributed by atoms with E-state index in [1.54, 1.807) is 0 Å². The van der Waals surface area contributed by atoms with E-state index in [0.717, 1.165) is 0 Å². The summed E-state index contributed by atoms with van der Waals surface area (Å²) in [6, 6.07) is 0. The summed E-state index contributed by atoms with van der Waals surface area (Å²) in [7, 11) is 0. The summed E-state index contributed by atoms with van der Waals surface area (Å²) < 4.78 is 0. The molecule has 0 spiro atoms. The van der Waals surface area contributed by atoms with Crippen molar-refractivity contribution in [2.45, 2.75) is 0 Å². The topological polar surface area (TPSA) is 0 Å². The second-order valence-corrected chi connectivity index (χ2v) is 0. The maximum atomic E-state index is 0. The monoisotopic (exact) mass is 341 g/mol. The van der Waals surface area contributed by atoms with Crippen molar-refractivity contribution in [3.8, 4) is 0 Å². The van der Waals surface area contributed by atoms with Crippen molar-refractivity contribution in [3.05, 3.63) is 0 Å². The molecule has 0 aromatic carbocycles. The van der Waals surface area contributed by atoms with Gasteiger partial charge in [0.15, 0.2) is 0 Å². The maximum Gasteiger partial charge on any atom is 2.00 e. The molecule has 0 rings (SSSR count). The predicted octanol–water partition coefficient (Wildman–Crippen LogP) is -0.0123. The van der Waals surface area contributed by atoms with E-state index in [1.165, 1.54) is 0 Å². The van der Waals surface area contributed by atoms with Crippen LogP contribution in [0.3, 0.4) is 0 Å². The molecule has 0 atom stereocenters. The summed E-state index contributed by atoms with van der Waals surface area (Å²) in [4.78, 5) is 0. The van der Waals surface area contributed by atoms with Gasteiger partial charge < -0.3 is 27.0 Å². The molecule has 0 aliphatic rings. The maximum absolute atomic E-state index is 0. The zero-order valence-corrected chi connectivity index (χ0v) is 7.26. The van der Waals surface area contributed by atoms with Gasteiger partial charge in [-0.25, -0.2) is 0 Å². The van der Waals surface area contributed by atoms with E-state index in [9.17, 15) is 0 Å². The Morgan fingerprint density at radius 2 is 0.600 bits per heavy atom. The third kappa shape index (κ3) is 20.3. The molecule has 5 heteroatoms. The number of hydrogen-bond acceptors (Lipinski definition) is 0. The molecule has 0 N–H and O–H groups in total. The average Bonchev–Trinajstić information content (AvgIpc) is 0. The summed E-state index contributed by atoms with van der Waals surface area (Å²) in [6.07, 6.45) is 0. The van der Waals surface area contributed by atoms with E-state index in [4.69, 9.17) is 0 Å². The summed E-state index contributed by atoms with van der Waals surface area (Å²) in [5.41, 5.74) is 0. The Bertz CT molecular complexity index is 7.61. The fourth-order valence-electron chi connectivity index (χ4n) is 0. The normalized spacial score (nSPS) is 0. The first-order valence-corrected chi connectivity index (χ1v) is 0. The molecule has 0 aromatic rings. The van der Waals surface area contributed by atoms with E-state index in [-0.39, 0.29) is 88.8 Å². The van der Waals surface area contributed by atoms with Crippen LogP contribution >= 0.6 is 0 Å². The second-order valence-electron chi connectivity index (χ2n) is 0. The molecule has 1 radical (unpaired) electrons. The van der Waals surface area contributed by atoms with E-state index in [0.29, 0.717) is 0 Å². The molecule has 0 aromatic heterocycles. The predicted molar refractivity (Wildman–Crippen MR) is 14.7 cm³/mol. The Kier molecular flexibility index (Phi) is 283. The van der Waals surface area contributed by atoms with Crippen molar-refractivity contribution < 1.29 is 61.8 Å². The first kappa shape index (κ1) is 47.4. The van der Waals surface area contributed by atoms with Gasteiger partial charge in [-0.1, -0.05) is 0 Å². The molecule has 0 aliphatic heterocycles. The molecule has 0 saturated carbocycles. The molecule has 0 amide bonds. The SMILES string of the molecule is [Ag+].[Ag+].[Cu+2].[S-2].[S-2]. The molecular weight excluding hydrogens is 343 g/mol. The summed E-state index contributed by atoms with van der Waals surface area (Å²) in [6.45, 7) is 0. The molecular formula is Ag2CuS2. The minimum Gasteiger partial charge on any atom is -2.00 e. The largest absolute Gasteiger partial charge is 2.00 e. The Morgan fingerprint density at radius 3 is 0.600 bits per heavy atom. The van der Waals surface area contributed by atoms with Crippen LogP contribution in [0.5, 0.6) is 0 Å². The van der Waals surface area contributed by atoms with Crippen LogP contribution in [0.2, 0.25) is 0 Å². The van der Waals surface area contributed by atoms with Crippen LogP contribution in [-0.2, 0) is 88.8 Å². The van der Waals surface area contributed by atoms with Gasteiger partial charge in [-0.05, 0) is 0 Å². The third-order valence-corrected chi connectivity index (χ3v) is 0. The molecule has 0 bridgehead atoms. The summed E-state index contributed by atoms with van der Waals surface area (Å²) in [5, 5.41) is 0. The molecule has 0 aliphatic carbocycles. The van der Waals surface area contributed by atoms with Crippen molar-refractivity contribution >= 4 is 27.0 Å².